The van der Waals surface area contributed by atoms with E-state index in [4.69, 9.17) is 4.79 Å². The van der Waals surface area contributed by atoms with E-state index in [1.165, 1.54) is 19.6 Å². The third kappa shape index (κ3) is 13.1. The Morgan fingerprint density at radius 2 is 2.00 bits per heavy atom. The van der Waals surface area contributed by atoms with E-state index >= 15 is 0 Å². The molecule has 0 aromatic heterocycles. The zero-order valence-electron chi connectivity index (χ0n) is 12.8. The first-order valence-corrected chi connectivity index (χ1v) is 7.26. The number of rotatable bonds is 4. The number of carbonyl (C=O) groups excluding carboxylic acids is 2. The fourth-order valence-electron chi connectivity index (χ4n) is 1.42. The largest absolute Gasteiger partial charge is 0.471 e. The minimum absolute atomic E-state index is 0.0208. The van der Waals surface area contributed by atoms with Crippen molar-refractivity contribution in [2.75, 3.05) is 7.11 Å². The van der Waals surface area contributed by atoms with Gasteiger partial charge < -0.3 is 10.1 Å². The van der Waals surface area contributed by atoms with E-state index in [0.717, 1.165) is 10.9 Å². The molecular weight excluding hydrogens is 322 g/mol. The molecule has 1 aromatic carbocycles. The quantitative estimate of drug-likeness (QED) is 0.851. The van der Waals surface area contributed by atoms with Crippen molar-refractivity contribution in [3.63, 3.8) is 0 Å². The maximum Gasteiger partial charge on any atom is 0.292 e. The van der Waals surface area contributed by atoms with Crippen molar-refractivity contribution in [2.45, 2.75) is 40.2 Å². The highest BCUT2D eigenvalue weighted by atomic mass is 79.9. The Morgan fingerprint density at radius 3 is 2.40 bits per heavy atom. The summed E-state index contributed by atoms with van der Waals surface area (Å²) in [6, 6.07) is 8.30. The van der Waals surface area contributed by atoms with E-state index in [2.05, 4.69) is 38.1 Å². The number of halogens is 1. The third-order valence-electron chi connectivity index (χ3n) is 1.98. The fraction of sp³-hybridized carbons (Fsp3) is 0.467. The Kier molecular flexibility index (Phi) is 14.7. The summed E-state index contributed by atoms with van der Waals surface area (Å²) in [6.07, 6.45) is 0.860. The van der Waals surface area contributed by atoms with Crippen LogP contribution >= 0.6 is 15.9 Å². The summed E-state index contributed by atoms with van der Waals surface area (Å²) < 4.78 is 4.94. The lowest BCUT2D eigenvalue weighted by atomic mass is 10.1. The van der Waals surface area contributed by atoms with Crippen LogP contribution in [0.3, 0.4) is 0 Å². The molecule has 114 valence electrons. The smallest absolute Gasteiger partial charge is 0.292 e. The molecule has 0 spiro atoms. The number of ether oxygens (including phenoxy) is 1. The molecule has 20 heavy (non-hydrogen) atoms. The molecule has 5 heteroatoms. The number of hydrogen-bond donors (Lipinski definition) is 1. The van der Waals surface area contributed by atoms with Crippen LogP contribution in [0.5, 0.6) is 0 Å². The summed E-state index contributed by atoms with van der Waals surface area (Å²) in [5, 5.41) is 2.86. The van der Waals surface area contributed by atoms with Crippen molar-refractivity contribution >= 4 is 28.3 Å². The van der Waals surface area contributed by atoms with Crippen LogP contribution in [0.15, 0.2) is 28.7 Å². The summed E-state index contributed by atoms with van der Waals surface area (Å²) in [4.78, 5) is 19.7. The zero-order valence-corrected chi connectivity index (χ0v) is 14.4. The number of nitrogens with one attached hydrogen (secondary N) is 1. The molecule has 1 amide bonds. The van der Waals surface area contributed by atoms with Crippen LogP contribution in [0.25, 0.3) is 0 Å². The van der Waals surface area contributed by atoms with Crippen molar-refractivity contribution in [3.05, 3.63) is 34.3 Å². The molecule has 1 N–H and O–H groups in total. The maximum absolute atomic E-state index is 10.8. The van der Waals surface area contributed by atoms with Gasteiger partial charge in [-0.3, -0.25) is 9.59 Å². The van der Waals surface area contributed by atoms with Gasteiger partial charge in [-0.15, -0.1) is 0 Å². The predicted octanol–water partition coefficient (Wildman–Crippen LogP) is 3.33. The summed E-state index contributed by atoms with van der Waals surface area (Å²) in [6.45, 7) is 7.92. The molecule has 0 fully saturated rings. The van der Waals surface area contributed by atoms with Crippen LogP contribution in [0.4, 0.5) is 0 Å². The summed E-state index contributed by atoms with van der Waals surface area (Å²) in [5.41, 5.74) is 1.22. The van der Waals surface area contributed by atoms with E-state index in [9.17, 15) is 4.79 Å². The second kappa shape index (κ2) is 14.1. The molecule has 0 saturated heterocycles. The molecule has 4 nitrogen and oxygen atoms in total. The summed E-state index contributed by atoms with van der Waals surface area (Å²) >= 11 is 3.42. The van der Waals surface area contributed by atoms with Crippen molar-refractivity contribution in [1.29, 1.82) is 0 Å². The number of amides is 1. The van der Waals surface area contributed by atoms with Crippen LogP contribution in [-0.4, -0.2) is 25.5 Å². The van der Waals surface area contributed by atoms with Gasteiger partial charge in [0.15, 0.2) is 0 Å². The Labute approximate surface area is 130 Å². The van der Waals surface area contributed by atoms with Crippen molar-refractivity contribution in [1.82, 2.24) is 5.32 Å². The van der Waals surface area contributed by atoms with Gasteiger partial charge in [0.1, 0.15) is 0 Å². The van der Waals surface area contributed by atoms with Gasteiger partial charge in [-0.05, 0) is 31.0 Å². The lowest BCUT2D eigenvalue weighted by Crippen LogP contribution is -2.31. The van der Waals surface area contributed by atoms with Crippen molar-refractivity contribution < 1.29 is 14.3 Å². The first-order valence-electron chi connectivity index (χ1n) is 6.47. The number of carbonyl (C=O) groups is 2. The van der Waals surface area contributed by atoms with Crippen LogP contribution in [0.2, 0.25) is 0 Å². The first kappa shape index (κ1) is 20.9. The van der Waals surface area contributed by atoms with Gasteiger partial charge in [-0.25, -0.2) is 0 Å². The lowest BCUT2D eigenvalue weighted by molar-refractivity contribution is -0.126. The standard InChI is InChI=1S/C11H14BrNO.C2H4O2.C2H6/c1-8(13-9(2)14)6-10-4-3-5-11(12)7-10;1-4-2-3;1-2/h3-5,7-8H,6H2,1-2H3,(H,13,14);2H,1H3;1-2H3/t8-;;/m1../s1. The average Bonchev–Trinajstić information content (AvgIpc) is 2.40. The van der Waals surface area contributed by atoms with Crippen LogP contribution < -0.4 is 5.32 Å². The number of benzene rings is 1. The summed E-state index contributed by atoms with van der Waals surface area (Å²) in [5.74, 6) is 0.0208. The van der Waals surface area contributed by atoms with Crippen LogP contribution in [0.1, 0.15) is 33.3 Å². The molecule has 1 aromatic rings. The van der Waals surface area contributed by atoms with Gasteiger partial charge in [0.25, 0.3) is 6.47 Å². The normalized spacial score (nSPS) is 9.90. The summed E-state index contributed by atoms with van der Waals surface area (Å²) in [7, 11) is 1.31. The van der Waals surface area contributed by atoms with Gasteiger partial charge in [0, 0.05) is 17.4 Å². The molecule has 0 aliphatic rings. The zero-order chi connectivity index (χ0) is 16.0. The molecule has 0 radical (unpaired) electrons. The number of hydrogen-bond acceptors (Lipinski definition) is 3. The monoisotopic (exact) mass is 345 g/mol. The predicted molar refractivity (Wildman–Crippen MR) is 85.5 cm³/mol. The van der Waals surface area contributed by atoms with E-state index < -0.39 is 0 Å². The molecule has 0 heterocycles. The molecule has 0 saturated carbocycles. The van der Waals surface area contributed by atoms with E-state index in [1.54, 1.807) is 0 Å². The van der Waals surface area contributed by atoms with Gasteiger partial charge in [0.2, 0.25) is 5.91 Å². The second-order valence-corrected chi connectivity index (χ2v) is 4.68. The lowest BCUT2D eigenvalue weighted by Gasteiger charge is -2.12. The van der Waals surface area contributed by atoms with E-state index in [1.807, 2.05) is 32.9 Å². The van der Waals surface area contributed by atoms with E-state index in [-0.39, 0.29) is 11.9 Å². The van der Waals surface area contributed by atoms with Gasteiger partial charge in [-0.2, -0.15) is 0 Å². The molecule has 0 aliphatic heterocycles. The Morgan fingerprint density at radius 1 is 1.45 bits per heavy atom. The molecule has 0 aliphatic carbocycles. The molecular formula is C15H24BrNO3. The van der Waals surface area contributed by atoms with Gasteiger partial charge in [-0.1, -0.05) is 41.9 Å². The Hall–Kier alpha value is -1.36. The molecule has 1 rings (SSSR count). The Balaban J connectivity index is 0. The van der Waals surface area contributed by atoms with Crippen molar-refractivity contribution in [2.24, 2.45) is 0 Å². The average molecular weight is 346 g/mol. The van der Waals surface area contributed by atoms with Gasteiger partial charge >= 0.3 is 0 Å². The molecule has 0 bridgehead atoms. The van der Waals surface area contributed by atoms with Crippen molar-refractivity contribution in [3.8, 4) is 0 Å². The Bertz CT molecular complexity index is 383. The highest BCUT2D eigenvalue weighted by Gasteiger charge is 2.04. The molecule has 1 atom stereocenters. The van der Waals surface area contributed by atoms with E-state index in [0.29, 0.717) is 6.47 Å². The highest BCUT2D eigenvalue weighted by Crippen LogP contribution is 2.12. The third-order valence-corrected chi connectivity index (χ3v) is 2.47. The van der Waals surface area contributed by atoms with Gasteiger partial charge in [0.05, 0.1) is 7.11 Å². The van der Waals surface area contributed by atoms with Crippen LogP contribution in [0, 0.1) is 0 Å². The minimum atomic E-state index is 0.0208. The SMILES string of the molecule is CC.CC(=O)N[C@H](C)Cc1cccc(Br)c1.COC=O. The van der Waals surface area contributed by atoms with Crippen LogP contribution in [-0.2, 0) is 20.7 Å². The topological polar surface area (TPSA) is 55.4 Å². The molecule has 0 unspecified atom stereocenters. The second-order valence-electron chi connectivity index (χ2n) is 3.77. The number of methoxy groups -OCH3 is 1. The maximum atomic E-state index is 10.8. The fourth-order valence-corrected chi connectivity index (χ4v) is 1.86. The highest BCUT2D eigenvalue weighted by molar-refractivity contribution is 9.10. The first-order chi connectivity index (χ1) is 9.49. The minimum Gasteiger partial charge on any atom is -0.471 e.